The van der Waals surface area contributed by atoms with Crippen molar-refractivity contribution in [2.45, 2.75) is 9.79 Å². The molecule has 2 heteroatoms. The average Bonchev–Trinajstić information content (AvgIpc) is 2.97. The van der Waals surface area contributed by atoms with Crippen LogP contribution in [-0.4, -0.2) is 4.98 Å². The first-order chi connectivity index (χ1) is 18.4. The molecule has 0 atom stereocenters. The maximum absolute atomic E-state index is 4.54. The number of benzene rings is 6. The topological polar surface area (TPSA) is 12.9 Å². The lowest BCUT2D eigenvalue weighted by Gasteiger charge is -2.18. The third-order valence-electron chi connectivity index (χ3n) is 7.02. The predicted octanol–water partition coefficient (Wildman–Crippen LogP) is 10.0. The summed E-state index contributed by atoms with van der Waals surface area (Å²) in [6, 6.07) is 45.6. The van der Waals surface area contributed by atoms with Crippen LogP contribution in [0.4, 0.5) is 0 Å². The molecule has 0 aliphatic carbocycles. The SMILES string of the molecule is c1ccc(-c2c3ccccc3c(Sc3ccccc3-c3cccc4ccccc34)c3ccncc23)cc1. The maximum atomic E-state index is 4.54. The zero-order valence-corrected chi connectivity index (χ0v) is 21.0. The fourth-order valence-electron chi connectivity index (χ4n) is 5.36. The standard InChI is InChI=1S/C35H23NS/c1-2-12-25(13-3-1)34-29-17-6-7-18-30(29)35(31-21-22-36-23-32(31)34)37-33-20-9-8-16-28(33)27-19-10-14-24-11-4-5-15-26(24)27/h1-23H. The average molecular weight is 490 g/mol. The van der Waals surface area contributed by atoms with Crippen LogP contribution in [0.15, 0.2) is 150 Å². The first kappa shape index (κ1) is 21.8. The lowest BCUT2D eigenvalue weighted by molar-refractivity contribution is 1.36. The largest absolute Gasteiger partial charge is 0.264 e. The first-order valence-corrected chi connectivity index (χ1v) is 13.3. The molecule has 1 heterocycles. The van der Waals surface area contributed by atoms with E-state index in [0.29, 0.717) is 0 Å². The molecule has 0 spiro atoms. The third kappa shape index (κ3) is 3.78. The molecule has 0 bridgehead atoms. The van der Waals surface area contributed by atoms with Crippen molar-refractivity contribution < 1.29 is 0 Å². The van der Waals surface area contributed by atoms with Gasteiger partial charge in [0.25, 0.3) is 0 Å². The minimum Gasteiger partial charge on any atom is -0.264 e. The lowest BCUT2D eigenvalue weighted by Crippen LogP contribution is -1.91. The molecule has 1 nitrogen and oxygen atoms in total. The quantitative estimate of drug-likeness (QED) is 0.228. The molecule has 0 unspecified atom stereocenters. The summed E-state index contributed by atoms with van der Waals surface area (Å²) in [5, 5.41) is 7.45. The van der Waals surface area contributed by atoms with Gasteiger partial charge in [0.05, 0.1) is 0 Å². The molecule has 7 rings (SSSR count). The molecule has 0 amide bonds. The van der Waals surface area contributed by atoms with E-state index in [1.807, 2.05) is 24.2 Å². The van der Waals surface area contributed by atoms with Crippen LogP contribution in [0.25, 0.3) is 54.6 Å². The maximum Gasteiger partial charge on any atom is 0.0353 e. The van der Waals surface area contributed by atoms with Crippen molar-refractivity contribution in [3.63, 3.8) is 0 Å². The van der Waals surface area contributed by atoms with Gasteiger partial charge in [0.1, 0.15) is 0 Å². The highest BCUT2D eigenvalue weighted by molar-refractivity contribution is 8.00. The molecule has 1 aromatic heterocycles. The van der Waals surface area contributed by atoms with E-state index in [2.05, 4.69) is 132 Å². The Morgan fingerprint density at radius 2 is 1.11 bits per heavy atom. The van der Waals surface area contributed by atoms with Gasteiger partial charge in [-0.05, 0) is 61.3 Å². The molecule has 0 aliphatic rings. The highest BCUT2D eigenvalue weighted by Crippen LogP contribution is 2.47. The minimum absolute atomic E-state index is 1.18. The summed E-state index contributed by atoms with van der Waals surface area (Å²) in [6.07, 6.45) is 3.93. The van der Waals surface area contributed by atoms with Gasteiger partial charge in [-0.3, -0.25) is 4.98 Å². The molecule has 0 aliphatic heterocycles. The van der Waals surface area contributed by atoms with Crippen LogP contribution in [0, 0.1) is 0 Å². The van der Waals surface area contributed by atoms with Crippen molar-refractivity contribution in [2.24, 2.45) is 0 Å². The number of nitrogens with zero attached hydrogens (tertiary/aromatic N) is 1. The number of fused-ring (bicyclic) bond motifs is 3. The summed E-state index contributed by atoms with van der Waals surface area (Å²) >= 11 is 1.85. The molecular formula is C35H23NS. The molecule has 174 valence electrons. The Hall–Kier alpha value is -4.40. The Bertz CT molecular complexity index is 1840. The smallest absolute Gasteiger partial charge is 0.0353 e. The van der Waals surface area contributed by atoms with Crippen molar-refractivity contribution in [3.05, 3.63) is 140 Å². The van der Waals surface area contributed by atoms with Crippen LogP contribution in [0.1, 0.15) is 0 Å². The van der Waals surface area contributed by atoms with E-state index in [9.17, 15) is 0 Å². The van der Waals surface area contributed by atoms with Gasteiger partial charge < -0.3 is 0 Å². The summed E-state index contributed by atoms with van der Waals surface area (Å²) in [5.74, 6) is 0. The van der Waals surface area contributed by atoms with E-state index >= 15 is 0 Å². The summed E-state index contributed by atoms with van der Waals surface area (Å²) in [7, 11) is 0. The van der Waals surface area contributed by atoms with E-state index in [4.69, 9.17) is 0 Å². The van der Waals surface area contributed by atoms with Gasteiger partial charge in [-0.1, -0.05) is 127 Å². The van der Waals surface area contributed by atoms with Gasteiger partial charge in [-0.15, -0.1) is 0 Å². The number of pyridine rings is 1. The van der Waals surface area contributed by atoms with E-state index in [0.717, 1.165) is 0 Å². The highest BCUT2D eigenvalue weighted by atomic mass is 32.2. The van der Waals surface area contributed by atoms with Gasteiger partial charge in [-0.25, -0.2) is 0 Å². The monoisotopic (exact) mass is 489 g/mol. The molecular weight excluding hydrogens is 466 g/mol. The normalized spacial score (nSPS) is 11.4. The summed E-state index contributed by atoms with van der Waals surface area (Å²) < 4.78 is 0. The van der Waals surface area contributed by atoms with Crippen LogP contribution < -0.4 is 0 Å². The minimum atomic E-state index is 1.18. The zero-order chi connectivity index (χ0) is 24.6. The Kier molecular flexibility index (Phi) is 5.45. The second-order valence-corrected chi connectivity index (χ2v) is 10.2. The van der Waals surface area contributed by atoms with E-state index in [-0.39, 0.29) is 0 Å². The molecule has 37 heavy (non-hydrogen) atoms. The van der Waals surface area contributed by atoms with Crippen LogP contribution in [0.3, 0.4) is 0 Å². The van der Waals surface area contributed by atoms with Crippen LogP contribution >= 0.6 is 11.8 Å². The second kappa shape index (κ2) is 9.24. The van der Waals surface area contributed by atoms with Crippen LogP contribution in [0.2, 0.25) is 0 Å². The second-order valence-electron chi connectivity index (χ2n) is 9.16. The number of aromatic nitrogens is 1. The zero-order valence-electron chi connectivity index (χ0n) is 20.1. The highest BCUT2D eigenvalue weighted by Gasteiger charge is 2.18. The fraction of sp³-hybridized carbons (Fsp3) is 0. The molecule has 7 aromatic rings. The van der Waals surface area contributed by atoms with Gasteiger partial charge in [-0.2, -0.15) is 0 Å². The first-order valence-electron chi connectivity index (χ1n) is 12.5. The number of rotatable bonds is 4. The van der Waals surface area contributed by atoms with Crippen molar-refractivity contribution in [2.75, 3.05) is 0 Å². The molecule has 0 fully saturated rings. The molecule has 0 saturated carbocycles. The Balaban J connectivity index is 1.49. The lowest BCUT2D eigenvalue weighted by atomic mass is 9.93. The fourth-order valence-corrected chi connectivity index (χ4v) is 6.59. The van der Waals surface area contributed by atoms with Crippen molar-refractivity contribution in [1.29, 1.82) is 0 Å². The van der Waals surface area contributed by atoms with E-state index in [1.165, 1.54) is 64.4 Å². The van der Waals surface area contributed by atoms with Gasteiger partial charge in [0.15, 0.2) is 0 Å². The molecule has 0 N–H and O–H groups in total. The predicted molar refractivity (Wildman–Crippen MR) is 158 cm³/mol. The van der Waals surface area contributed by atoms with Crippen molar-refractivity contribution in [3.8, 4) is 22.3 Å². The van der Waals surface area contributed by atoms with Gasteiger partial charge >= 0.3 is 0 Å². The number of hydrogen-bond acceptors (Lipinski definition) is 2. The van der Waals surface area contributed by atoms with E-state index in [1.54, 1.807) is 0 Å². The Morgan fingerprint density at radius 3 is 2.00 bits per heavy atom. The Labute approximate surface area is 220 Å². The molecule has 0 radical (unpaired) electrons. The number of hydrogen-bond donors (Lipinski definition) is 0. The third-order valence-corrected chi connectivity index (χ3v) is 8.24. The Morgan fingerprint density at radius 1 is 0.459 bits per heavy atom. The summed E-state index contributed by atoms with van der Waals surface area (Å²) in [4.78, 5) is 7.05. The van der Waals surface area contributed by atoms with Crippen molar-refractivity contribution >= 4 is 44.1 Å². The van der Waals surface area contributed by atoms with Gasteiger partial charge in [0, 0.05) is 27.6 Å². The van der Waals surface area contributed by atoms with E-state index < -0.39 is 0 Å². The molecule has 6 aromatic carbocycles. The van der Waals surface area contributed by atoms with Gasteiger partial charge in [0.2, 0.25) is 0 Å². The molecule has 0 saturated heterocycles. The van der Waals surface area contributed by atoms with Crippen LogP contribution in [-0.2, 0) is 0 Å². The summed E-state index contributed by atoms with van der Waals surface area (Å²) in [6.45, 7) is 0. The summed E-state index contributed by atoms with van der Waals surface area (Å²) in [5.41, 5.74) is 4.97. The van der Waals surface area contributed by atoms with Crippen LogP contribution in [0.5, 0.6) is 0 Å². The van der Waals surface area contributed by atoms with Crippen molar-refractivity contribution in [1.82, 2.24) is 4.98 Å².